The summed E-state index contributed by atoms with van der Waals surface area (Å²) in [5, 5.41) is 3.62. The van der Waals surface area contributed by atoms with Crippen LogP contribution in [0.5, 0.6) is 0 Å². The molecule has 0 radical (unpaired) electrons. The molecule has 0 aromatic heterocycles. The van der Waals surface area contributed by atoms with E-state index in [9.17, 15) is 8.78 Å². The molecule has 0 aliphatic heterocycles. The molecule has 1 nitrogen and oxygen atoms in total. The molecule has 0 amide bonds. The van der Waals surface area contributed by atoms with Crippen LogP contribution in [0.25, 0.3) is 11.1 Å². The van der Waals surface area contributed by atoms with Crippen LogP contribution >= 0.6 is 11.6 Å². The Hall–Kier alpha value is -1.45. The van der Waals surface area contributed by atoms with Crippen molar-refractivity contribution in [3.63, 3.8) is 0 Å². The third-order valence-electron chi connectivity index (χ3n) is 2.61. The first-order valence-electron chi connectivity index (χ1n) is 5.49. The number of benzene rings is 2. The zero-order valence-electron chi connectivity index (χ0n) is 9.81. The van der Waals surface area contributed by atoms with E-state index >= 15 is 0 Å². The minimum atomic E-state index is -0.588. The Balaban J connectivity index is 2.47. The Bertz CT molecular complexity index is 549. The fraction of sp³-hybridized carbons (Fsp3) is 0.143. The lowest BCUT2D eigenvalue weighted by Crippen LogP contribution is -2.05. The van der Waals surface area contributed by atoms with Gasteiger partial charge in [-0.25, -0.2) is 8.78 Å². The molecule has 0 bridgehead atoms. The van der Waals surface area contributed by atoms with Gasteiger partial charge in [0.2, 0.25) is 0 Å². The maximum absolute atomic E-state index is 13.2. The van der Waals surface area contributed by atoms with Gasteiger partial charge in [0, 0.05) is 17.6 Å². The van der Waals surface area contributed by atoms with E-state index in [1.807, 2.05) is 13.1 Å². The van der Waals surface area contributed by atoms with E-state index in [4.69, 9.17) is 11.6 Å². The van der Waals surface area contributed by atoms with E-state index in [0.717, 1.165) is 17.2 Å². The summed E-state index contributed by atoms with van der Waals surface area (Å²) in [5.74, 6) is -1.18. The van der Waals surface area contributed by atoms with Gasteiger partial charge in [-0.3, -0.25) is 0 Å². The first-order chi connectivity index (χ1) is 8.60. The Morgan fingerprint density at radius 3 is 2.28 bits per heavy atom. The van der Waals surface area contributed by atoms with Crippen molar-refractivity contribution in [2.45, 2.75) is 6.54 Å². The standard InChI is InChI=1S/C14H12ClF2N/c1-18-8-11-4-9(2-3-14(11)15)10-5-12(16)7-13(17)6-10/h2-7,18H,8H2,1H3. The van der Waals surface area contributed by atoms with Gasteiger partial charge in [-0.2, -0.15) is 0 Å². The molecule has 0 spiro atoms. The van der Waals surface area contributed by atoms with E-state index in [-0.39, 0.29) is 0 Å². The van der Waals surface area contributed by atoms with Crippen LogP contribution in [0.1, 0.15) is 5.56 Å². The molecule has 2 rings (SSSR count). The highest BCUT2D eigenvalue weighted by Crippen LogP contribution is 2.26. The smallest absolute Gasteiger partial charge is 0.126 e. The summed E-state index contributed by atoms with van der Waals surface area (Å²) in [6.45, 7) is 0.602. The zero-order chi connectivity index (χ0) is 13.1. The molecule has 94 valence electrons. The average Bonchev–Trinajstić information content (AvgIpc) is 2.31. The van der Waals surface area contributed by atoms with Gasteiger partial charge < -0.3 is 5.32 Å². The molecule has 4 heteroatoms. The second-order valence-corrected chi connectivity index (χ2v) is 4.40. The number of hydrogen-bond acceptors (Lipinski definition) is 1. The summed E-state index contributed by atoms with van der Waals surface area (Å²) < 4.78 is 26.3. The molecule has 2 aromatic carbocycles. The highest BCUT2D eigenvalue weighted by molar-refractivity contribution is 6.31. The summed E-state index contributed by atoms with van der Waals surface area (Å²) in [5.41, 5.74) is 2.13. The van der Waals surface area contributed by atoms with Gasteiger partial charge in [0.25, 0.3) is 0 Å². The van der Waals surface area contributed by atoms with Crippen molar-refractivity contribution in [2.75, 3.05) is 7.05 Å². The van der Waals surface area contributed by atoms with Crippen LogP contribution in [-0.2, 0) is 6.54 Å². The molecular weight excluding hydrogens is 256 g/mol. The van der Waals surface area contributed by atoms with Crippen LogP contribution in [0.2, 0.25) is 5.02 Å². The highest BCUT2D eigenvalue weighted by Gasteiger charge is 2.06. The molecule has 0 aliphatic carbocycles. The number of halogens is 3. The second kappa shape index (κ2) is 5.46. The molecule has 0 unspecified atom stereocenters. The van der Waals surface area contributed by atoms with Gasteiger partial charge >= 0.3 is 0 Å². The maximum Gasteiger partial charge on any atom is 0.126 e. The summed E-state index contributed by atoms with van der Waals surface area (Å²) in [6, 6.07) is 8.76. The third kappa shape index (κ3) is 2.86. The van der Waals surface area contributed by atoms with Crippen molar-refractivity contribution in [3.8, 4) is 11.1 Å². The monoisotopic (exact) mass is 267 g/mol. The van der Waals surface area contributed by atoms with Crippen molar-refractivity contribution in [1.29, 1.82) is 0 Å². The van der Waals surface area contributed by atoms with Crippen LogP contribution in [0.4, 0.5) is 8.78 Å². The number of hydrogen-bond donors (Lipinski definition) is 1. The molecule has 0 heterocycles. The molecule has 0 atom stereocenters. The first-order valence-corrected chi connectivity index (χ1v) is 5.87. The van der Waals surface area contributed by atoms with E-state index < -0.39 is 11.6 Å². The zero-order valence-corrected chi connectivity index (χ0v) is 10.6. The van der Waals surface area contributed by atoms with Crippen molar-refractivity contribution < 1.29 is 8.78 Å². The Morgan fingerprint density at radius 1 is 1.00 bits per heavy atom. The van der Waals surface area contributed by atoms with E-state index in [1.54, 1.807) is 12.1 Å². The first kappa shape index (κ1) is 13.0. The highest BCUT2D eigenvalue weighted by atomic mass is 35.5. The van der Waals surface area contributed by atoms with Gasteiger partial charge in [0.05, 0.1) is 0 Å². The quantitative estimate of drug-likeness (QED) is 0.886. The summed E-state index contributed by atoms with van der Waals surface area (Å²) >= 11 is 6.04. The molecule has 18 heavy (non-hydrogen) atoms. The topological polar surface area (TPSA) is 12.0 Å². The predicted molar refractivity (Wildman–Crippen MR) is 69.6 cm³/mol. The Labute approximate surface area is 109 Å². The van der Waals surface area contributed by atoms with Crippen LogP contribution in [0, 0.1) is 11.6 Å². The van der Waals surface area contributed by atoms with Gasteiger partial charge in [-0.05, 0) is 48.0 Å². The van der Waals surface area contributed by atoms with Crippen LogP contribution in [0.3, 0.4) is 0 Å². The van der Waals surface area contributed by atoms with Crippen LogP contribution in [0.15, 0.2) is 36.4 Å². The summed E-state index contributed by atoms with van der Waals surface area (Å²) in [6.07, 6.45) is 0. The lowest BCUT2D eigenvalue weighted by atomic mass is 10.0. The molecular formula is C14H12ClF2N. The summed E-state index contributed by atoms with van der Waals surface area (Å²) in [7, 11) is 1.81. The normalized spacial score (nSPS) is 10.7. The van der Waals surface area contributed by atoms with Gasteiger partial charge in [0.1, 0.15) is 11.6 Å². The van der Waals surface area contributed by atoms with Crippen molar-refractivity contribution in [2.24, 2.45) is 0 Å². The molecule has 0 fully saturated rings. The largest absolute Gasteiger partial charge is 0.316 e. The van der Waals surface area contributed by atoms with Crippen LogP contribution < -0.4 is 5.32 Å². The van der Waals surface area contributed by atoms with Crippen molar-refractivity contribution in [1.82, 2.24) is 5.32 Å². The minimum absolute atomic E-state index is 0.501. The maximum atomic E-state index is 13.2. The lowest BCUT2D eigenvalue weighted by Gasteiger charge is -2.08. The molecule has 1 N–H and O–H groups in total. The minimum Gasteiger partial charge on any atom is -0.316 e. The number of nitrogens with one attached hydrogen (secondary N) is 1. The average molecular weight is 268 g/mol. The molecule has 0 saturated heterocycles. The SMILES string of the molecule is CNCc1cc(-c2cc(F)cc(F)c2)ccc1Cl. The van der Waals surface area contributed by atoms with Crippen molar-refractivity contribution in [3.05, 3.63) is 58.6 Å². The molecule has 0 aliphatic rings. The fourth-order valence-corrected chi connectivity index (χ4v) is 1.99. The Morgan fingerprint density at radius 2 is 1.67 bits per heavy atom. The fourth-order valence-electron chi connectivity index (χ4n) is 1.80. The van der Waals surface area contributed by atoms with E-state index in [2.05, 4.69) is 5.32 Å². The van der Waals surface area contributed by atoms with Gasteiger partial charge in [0.15, 0.2) is 0 Å². The summed E-state index contributed by atoms with van der Waals surface area (Å²) in [4.78, 5) is 0. The van der Waals surface area contributed by atoms with E-state index in [1.165, 1.54) is 12.1 Å². The predicted octanol–water partition coefficient (Wildman–Crippen LogP) is 4.00. The van der Waals surface area contributed by atoms with Gasteiger partial charge in [-0.15, -0.1) is 0 Å². The van der Waals surface area contributed by atoms with Crippen LogP contribution in [-0.4, -0.2) is 7.05 Å². The molecule has 2 aromatic rings. The van der Waals surface area contributed by atoms with E-state index in [0.29, 0.717) is 17.1 Å². The van der Waals surface area contributed by atoms with Gasteiger partial charge in [-0.1, -0.05) is 17.7 Å². The second-order valence-electron chi connectivity index (χ2n) is 3.99. The third-order valence-corrected chi connectivity index (χ3v) is 2.98. The Kier molecular flexibility index (Phi) is 3.94. The number of rotatable bonds is 3. The lowest BCUT2D eigenvalue weighted by molar-refractivity contribution is 0.584. The van der Waals surface area contributed by atoms with Crippen molar-refractivity contribution >= 4 is 11.6 Å². The molecule has 0 saturated carbocycles.